The van der Waals surface area contributed by atoms with Crippen LogP contribution in [0.5, 0.6) is 5.75 Å². The van der Waals surface area contributed by atoms with Crippen molar-refractivity contribution < 1.29 is 17.9 Å². The minimum absolute atomic E-state index is 0.172. The van der Waals surface area contributed by atoms with E-state index >= 15 is 0 Å². The number of nitrogens with one attached hydrogen (secondary N) is 1. The Morgan fingerprint density at radius 2 is 1.70 bits per heavy atom. The number of sulfonamides is 1. The molecule has 2 aliphatic rings. The molecule has 2 heterocycles. The molecule has 3 aromatic rings. The van der Waals surface area contributed by atoms with E-state index in [1.165, 1.54) is 5.01 Å². The molecule has 2 aliphatic heterocycles. The molecule has 0 bridgehead atoms. The summed E-state index contributed by atoms with van der Waals surface area (Å²) in [5.74, 6) is 0.0418. The lowest BCUT2D eigenvalue weighted by molar-refractivity contribution is 0.0168. The third-order valence-electron chi connectivity index (χ3n) is 6.28. The van der Waals surface area contributed by atoms with Crippen LogP contribution >= 0.6 is 0 Å². The number of methoxy groups -OCH3 is 1. The van der Waals surface area contributed by atoms with Crippen LogP contribution in [0, 0.1) is 5.92 Å². The second kappa shape index (κ2) is 7.83. The van der Waals surface area contributed by atoms with E-state index in [4.69, 9.17) is 9.84 Å². The predicted octanol–water partition coefficient (Wildman–Crippen LogP) is 3.73. The molecule has 0 radical (unpaired) electrons. The maximum absolute atomic E-state index is 13.8. The van der Waals surface area contributed by atoms with Crippen LogP contribution in [-0.2, 0) is 15.7 Å². The van der Waals surface area contributed by atoms with Crippen LogP contribution < -0.4 is 9.46 Å². The van der Waals surface area contributed by atoms with Crippen molar-refractivity contribution in [3.63, 3.8) is 0 Å². The SMILES string of the molecule is COc1ccc(C2=NN(C(=O)c3ccccc3)[C@@]3(NS(=O)(=O)c4ccccc43)[C@@H](C)C2)cc1. The molecular formula is C25H23N3O4S. The first-order valence-electron chi connectivity index (χ1n) is 10.6. The predicted molar refractivity (Wildman–Crippen MR) is 124 cm³/mol. The summed E-state index contributed by atoms with van der Waals surface area (Å²) in [6, 6.07) is 23.0. The van der Waals surface area contributed by atoms with Crippen LogP contribution in [0.2, 0.25) is 0 Å². The van der Waals surface area contributed by atoms with Crippen LogP contribution in [-0.4, -0.2) is 32.2 Å². The van der Waals surface area contributed by atoms with Gasteiger partial charge in [-0.1, -0.05) is 43.3 Å². The van der Waals surface area contributed by atoms with E-state index in [1.54, 1.807) is 55.6 Å². The van der Waals surface area contributed by atoms with Gasteiger partial charge in [-0.3, -0.25) is 4.79 Å². The summed E-state index contributed by atoms with van der Waals surface area (Å²) in [6.07, 6.45) is 0.474. The van der Waals surface area contributed by atoms with E-state index in [-0.39, 0.29) is 16.7 Å². The first-order chi connectivity index (χ1) is 15.9. The highest BCUT2D eigenvalue weighted by Gasteiger charge is 2.57. The number of hydrogen-bond acceptors (Lipinski definition) is 5. The fourth-order valence-corrected chi connectivity index (χ4v) is 6.30. The van der Waals surface area contributed by atoms with Crippen molar-refractivity contribution in [3.05, 3.63) is 95.6 Å². The highest BCUT2D eigenvalue weighted by Crippen LogP contribution is 2.47. The molecule has 7 nitrogen and oxygen atoms in total. The molecule has 0 saturated carbocycles. The number of benzene rings is 3. The second-order valence-corrected chi connectivity index (χ2v) is 9.88. The number of carbonyl (C=O) groups is 1. The summed E-state index contributed by atoms with van der Waals surface area (Å²) in [5.41, 5.74) is 1.17. The minimum Gasteiger partial charge on any atom is -0.497 e. The number of amides is 1. The lowest BCUT2D eigenvalue weighted by Crippen LogP contribution is -2.60. The van der Waals surface area contributed by atoms with Gasteiger partial charge in [-0.2, -0.15) is 9.82 Å². The summed E-state index contributed by atoms with van der Waals surface area (Å²) < 4.78 is 34.2. The fraction of sp³-hybridized carbons (Fsp3) is 0.200. The topological polar surface area (TPSA) is 88.1 Å². The third-order valence-corrected chi connectivity index (χ3v) is 7.80. The van der Waals surface area contributed by atoms with E-state index < -0.39 is 15.7 Å². The lowest BCUT2D eigenvalue weighted by Gasteiger charge is -2.45. The van der Waals surface area contributed by atoms with Crippen molar-refractivity contribution in [2.24, 2.45) is 11.0 Å². The molecule has 1 spiro atoms. The van der Waals surface area contributed by atoms with Gasteiger partial charge in [-0.15, -0.1) is 0 Å². The first kappa shape index (κ1) is 21.4. The third kappa shape index (κ3) is 3.34. The van der Waals surface area contributed by atoms with Crippen LogP contribution in [0.15, 0.2) is 88.9 Å². The van der Waals surface area contributed by atoms with Crippen molar-refractivity contribution in [3.8, 4) is 5.75 Å². The maximum atomic E-state index is 13.8. The molecule has 8 heteroatoms. The molecule has 1 amide bonds. The molecule has 1 N–H and O–H groups in total. The van der Waals surface area contributed by atoms with Crippen molar-refractivity contribution in [2.45, 2.75) is 23.9 Å². The molecule has 168 valence electrons. The largest absolute Gasteiger partial charge is 0.497 e. The zero-order valence-corrected chi connectivity index (χ0v) is 19.0. The van der Waals surface area contributed by atoms with Crippen molar-refractivity contribution >= 4 is 21.6 Å². The summed E-state index contributed by atoms with van der Waals surface area (Å²) >= 11 is 0. The Morgan fingerprint density at radius 1 is 1.03 bits per heavy atom. The number of hydrazone groups is 1. The zero-order chi connectivity index (χ0) is 23.2. The van der Waals surface area contributed by atoms with Crippen LogP contribution in [0.25, 0.3) is 0 Å². The standard InChI is InChI=1S/C25H23N3O4S/c1-17-16-22(18-12-14-20(32-2)15-13-18)26-28(24(29)19-8-4-3-5-9-19)25(17)21-10-6-7-11-23(21)33(30,31)27-25/h3-15,17,27H,16H2,1-2H3/t17-,25-/m0/s1. The van der Waals surface area contributed by atoms with Gasteiger partial charge in [-0.25, -0.2) is 13.4 Å². The Labute approximate surface area is 192 Å². The molecular weight excluding hydrogens is 438 g/mol. The van der Waals surface area contributed by atoms with Gasteiger partial charge in [-0.05, 0) is 54.4 Å². The van der Waals surface area contributed by atoms with Crippen molar-refractivity contribution in [1.29, 1.82) is 0 Å². The van der Waals surface area contributed by atoms with Gasteiger partial charge >= 0.3 is 0 Å². The number of nitrogens with zero attached hydrogens (tertiary/aromatic N) is 2. The number of hydrogen-bond donors (Lipinski definition) is 1. The van der Waals surface area contributed by atoms with Gasteiger partial charge in [0.05, 0.1) is 17.7 Å². The number of rotatable bonds is 3. The van der Waals surface area contributed by atoms with Gasteiger partial charge in [0, 0.05) is 17.0 Å². The monoisotopic (exact) mass is 461 g/mol. The molecule has 2 atom stereocenters. The Bertz CT molecular complexity index is 1350. The Kier molecular flexibility index (Phi) is 5.07. The molecule has 0 aromatic heterocycles. The number of carbonyl (C=O) groups excluding carboxylic acids is 1. The average molecular weight is 462 g/mol. The molecule has 3 aromatic carbocycles. The lowest BCUT2D eigenvalue weighted by atomic mass is 9.81. The fourth-order valence-electron chi connectivity index (χ4n) is 4.61. The normalized spacial score (nSPS) is 23.2. The Balaban J connectivity index is 1.71. The van der Waals surface area contributed by atoms with Crippen molar-refractivity contribution in [1.82, 2.24) is 9.73 Å². The van der Waals surface area contributed by atoms with E-state index in [0.29, 0.717) is 23.3 Å². The summed E-state index contributed by atoms with van der Waals surface area (Å²) in [4.78, 5) is 13.9. The molecule has 0 unspecified atom stereocenters. The smallest absolute Gasteiger partial charge is 0.276 e. The Hall–Kier alpha value is -3.49. The van der Waals surface area contributed by atoms with Crippen LogP contribution in [0.3, 0.4) is 0 Å². The highest BCUT2D eigenvalue weighted by molar-refractivity contribution is 7.89. The molecule has 0 saturated heterocycles. The first-order valence-corrected chi connectivity index (χ1v) is 12.1. The summed E-state index contributed by atoms with van der Waals surface area (Å²) in [7, 11) is -2.22. The molecule has 33 heavy (non-hydrogen) atoms. The summed E-state index contributed by atoms with van der Waals surface area (Å²) in [6.45, 7) is 1.94. The Morgan fingerprint density at radius 3 is 2.39 bits per heavy atom. The van der Waals surface area contributed by atoms with E-state index in [0.717, 1.165) is 11.3 Å². The van der Waals surface area contributed by atoms with Crippen molar-refractivity contribution in [2.75, 3.05) is 7.11 Å². The maximum Gasteiger partial charge on any atom is 0.276 e. The van der Waals surface area contributed by atoms with E-state index in [9.17, 15) is 13.2 Å². The number of ether oxygens (including phenoxy) is 1. The van der Waals surface area contributed by atoms with Gasteiger partial charge < -0.3 is 4.74 Å². The van der Waals surface area contributed by atoms with Crippen LogP contribution in [0.4, 0.5) is 0 Å². The zero-order valence-electron chi connectivity index (χ0n) is 18.2. The van der Waals surface area contributed by atoms with Gasteiger partial charge in [0.15, 0.2) is 5.66 Å². The molecule has 0 aliphatic carbocycles. The van der Waals surface area contributed by atoms with E-state index in [1.807, 2.05) is 37.3 Å². The van der Waals surface area contributed by atoms with Gasteiger partial charge in [0.25, 0.3) is 5.91 Å². The molecule has 5 rings (SSSR count). The molecule has 0 fully saturated rings. The number of fused-ring (bicyclic) bond motifs is 2. The second-order valence-electron chi connectivity index (χ2n) is 8.23. The average Bonchev–Trinajstić information content (AvgIpc) is 3.09. The van der Waals surface area contributed by atoms with Gasteiger partial charge in [0.2, 0.25) is 10.0 Å². The summed E-state index contributed by atoms with van der Waals surface area (Å²) in [5, 5.41) is 6.09. The van der Waals surface area contributed by atoms with Gasteiger partial charge in [0.1, 0.15) is 5.75 Å². The van der Waals surface area contributed by atoms with Crippen LogP contribution in [0.1, 0.15) is 34.8 Å². The minimum atomic E-state index is -3.82. The highest BCUT2D eigenvalue weighted by atomic mass is 32.2. The van der Waals surface area contributed by atoms with E-state index in [2.05, 4.69) is 4.72 Å². The quantitative estimate of drug-likeness (QED) is 0.644.